The molecule has 1 aromatic heterocycles. The van der Waals surface area contributed by atoms with Crippen molar-refractivity contribution in [2.24, 2.45) is 0 Å². The Bertz CT molecular complexity index is 787. The summed E-state index contributed by atoms with van der Waals surface area (Å²) in [4.78, 5) is 32.7. The summed E-state index contributed by atoms with van der Waals surface area (Å²) in [7, 11) is 3.11. The highest BCUT2D eigenvalue weighted by Gasteiger charge is 2.45. The van der Waals surface area contributed by atoms with Crippen LogP contribution in [0.5, 0.6) is 0 Å². The van der Waals surface area contributed by atoms with Gasteiger partial charge in [-0.1, -0.05) is 29.0 Å². The fourth-order valence-electron chi connectivity index (χ4n) is 3.35. The standard InChI is InChI=1S/C21H29N3O5S2/c1-15-13-16(24(14-15)20(26)29-21(2,3)4)18-23(9-10-27-18)19(25)28-11-12-30-31-17-7-5-6-8-22-17/h5-8,16,18H,1,9-14H2,2-4H3. The molecule has 0 aromatic carbocycles. The maximum Gasteiger partial charge on any atom is 0.412 e. The van der Waals surface area contributed by atoms with E-state index in [2.05, 4.69) is 11.6 Å². The van der Waals surface area contributed by atoms with E-state index in [1.165, 1.54) is 0 Å². The molecule has 0 spiro atoms. The topological polar surface area (TPSA) is 81.2 Å². The van der Waals surface area contributed by atoms with Crippen molar-refractivity contribution in [2.75, 3.05) is 32.1 Å². The number of carbonyl (C=O) groups excluding carboxylic acids is 2. The minimum atomic E-state index is -0.606. The first-order valence-corrected chi connectivity index (χ1v) is 12.5. The third-order valence-corrected chi connectivity index (χ3v) is 6.82. The molecule has 31 heavy (non-hydrogen) atoms. The van der Waals surface area contributed by atoms with E-state index in [4.69, 9.17) is 14.2 Å². The van der Waals surface area contributed by atoms with Crippen LogP contribution < -0.4 is 0 Å². The normalized spacial score (nSPS) is 21.5. The van der Waals surface area contributed by atoms with Crippen LogP contribution in [0.15, 0.2) is 41.6 Å². The van der Waals surface area contributed by atoms with Gasteiger partial charge in [0.05, 0.1) is 19.2 Å². The van der Waals surface area contributed by atoms with Crippen LogP contribution >= 0.6 is 21.6 Å². The number of rotatable bonds is 6. The molecule has 1 aromatic rings. The molecule has 0 N–H and O–H groups in total. The van der Waals surface area contributed by atoms with Crippen LogP contribution in [-0.2, 0) is 14.2 Å². The van der Waals surface area contributed by atoms with Gasteiger partial charge in [0, 0.05) is 18.5 Å². The first kappa shape index (κ1) is 23.7. The lowest BCUT2D eigenvalue weighted by Crippen LogP contribution is -2.51. The molecule has 0 saturated carbocycles. The zero-order chi connectivity index (χ0) is 22.4. The highest BCUT2D eigenvalue weighted by atomic mass is 33.1. The molecule has 8 nitrogen and oxygen atoms in total. The molecule has 2 aliphatic heterocycles. The number of aromatic nitrogens is 1. The summed E-state index contributed by atoms with van der Waals surface area (Å²) in [6, 6.07) is 5.39. The lowest BCUT2D eigenvalue weighted by atomic mass is 10.1. The molecule has 0 radical (unpaired) electrons. The van der Waals surface area contributed by atoms with Crippen molar-refractivity contribution in [3.63, 3.8) is 0 Å². The second-order valence-corrected chi connectivity index (χ2v) is 10.7. The Labute approximate surface area is 191 Å². The van der Waals surface area contributed by atoms with Gasteiger partial charge in [-0.15, -0.1) is 0 Å². The number of carbonyl (C=O) groups is 2. The van der Waals surface area contributed by atoms with Crippen LogP contribution in [0.4, 0.5) is 9.59 Å². The van der Waals surface area contributed by atoms with Gasteiger partial charge in [-0.25, -0.2) is 14.6 Å². The summed E-state index contributed by atoms with van der Waals surface area (Å²) in [6.45, 7) is 11.0. The monoisotopic (exact) mass is 467 g/mol. The molecular formula is C21H29N3O5S2. The number of hydrogen-bond acceptors (Lipinski definition) is 8. The van der Waals surface area contributed by atoms with Gasteiger partial charge in [-0.2, -0.15) is 0 Å². The van der Waals surface area contributed by atoms with Crippen molar-refractivity contribution in [1.29, 1.82) is 0 Å². The molecule has 0 bridgehead atoms. The van der Waals surface area contributed by atoms with Gasteiger partial charge in [-0.3, -0.25) is 9.80 Å². The van der Waals surface area contributed by atoms with Crippen molar-refractivity contribution in [1.82, 2.24) is 14.8 Å². The molecule has 2 amide bonds. The average molecular weight is 468 g/mol. The maximum atomic E-state index is 12.7. The maximum absolute atomic E-state index is 12.7. The number of nitrogens with zero attached hydrogens (tertiary/aromatic N) is 3. The molecule has 10 heteroatoms. The molecule has 3 rings (SSSR count). The lowest BCUT2D eigenvalue weighted by Gasteiger charge is -2.33. The Balaban J connectivity index is 1.51. The van der Waals surface area contributed by atoms with Crippen molar-refractivity contribution >= 4 is 33.8 Å². The van der Waals surface area contributed by atoms with E-state index < -0.39 is 24.0 Å². The Hall–Kier alpha value is -1.91. The predicted octanol–water partition coefficient (Wildman–Crippen LogP) is 4.18. The molecule has 2 fully saturated rings. The van der Waals surface area contributed by atoms with Gasteiger partial charge in [0.15, 0.2) is 6.23 Å². The van der Waals surface area contributed by atoms with Crippen LogP contribution in [-0.4, -0.2) is 76.9 Å². The van der Waals surface area contributed by atoms with Gasteiger partial charge in [0.25, 0.3) is 0 Å². The minimum absolute atomic E-state index is 0.277. The Morgan fingerprint density at radius 2 is 2.10 bits per heavy atom. The second kappa shape index (κ2) is 10.6. The van der Waals surface area contributed by atoms with Gasteiger partial charge >= 0.3 is 12.2 Å². The summed E-state index contributed by atoms with van der Waals surface area (Å²) in [5, 5.41) is 0.913. The van der Waals surface area contributed by atoms with E-state index >= 15 is 0 Å². The van der Waals surface area contributed by atoms with E-state index in [1.54, 1.807) is 37.6 Å². The van der Waals surface area contributed by atoms with Crippen molar-refractivity contribution in [2.45, 2.75) is 50.1 Å². The van der Waals surface area contributed by atoms with Crippen LogP contribution in [0.25, 0.3) is 0 Å². The summed E-state index contributed by atoms with van der Waals surface area (Å²) in [5.41, 5.74) is 0.300. The highest BCUT2D eigenvalue weighted by molar-refractivity contribution is 8.76. The van der Waals surface area contributed by atoms with Crippen molar-refractivity contribution in [3.8, 4) is 0 Å². The predicted molar refractivity (Wildman–Crippen MR) is 121 cm³/mol. The fraction of sp³-hybridized carbons (Fsp3) is 0.571. The van der Waals surface area contributed by atoms with Crippen molar-refractivity contribution < 1.29 is 23.8 Å². The molecule has 2 unspecified atom stereocenters. The Morgan fingerprint density at radius 3 is 2.81 bits per heavy atom. The van der Waals surface area contributed by atoms with Crippen LogP contribution in [0.2, 0.25) is 0 Å². The summed E-state index contributed by atoms with van der Waals surface area (Å²) < 4.78 is 16.8. The zero-order valence-electron chi connectivity index (χ0n) is 18.1. The number of hydrogen-bond donors (Lipinski definition) is 0. The average Bonchev–Trinajstić information content (AvgIpc) is 3.33. The van der Waals surface area contributed by atoms with Gasteiger partial charge < -0.3 is 14.2 Å². The third kappa shape index (κ3) is 6.78. The van der Waals surface area contributed by atoms with Crippen LogP contribution in [0, 0.1) is 0 Å². The third-order valence-electron chi connectivity index (χ3n) is 4.59. The van der Waals surface area contributed by atoms with Crippen LogP contribution in [0.3, 0.4) is 0 Å². The fourth-order valence-corrected chi connectivity index (χ4v) is 5.06. The van der Waals surface area contributed by atoms with E-state index in [9.17, 15) is 9.59 Å². The molecular weight excluding hydrogens is 438 g/mol. The quantitative estimate of drug-likeness (QED) is 0.350. The molecule has 0 aliphatic carbocycles. The van der Waals surface area contributed by atoms with Crippen molar-refractivity contribution in [3.05, 3.63) is 36.5 Å². The number of likely N-dealkylation sites (tertiary alicyclic amines) is 1. The second-order valence-electron chi connectivity index (χ2n) is 8.27. The van der Waals surface area contributed by atoms with E-state index in [0.29, 0.717) is 31.9 Å². The Morgan fingerprint density at radius 1 is 1.29 bits per heavy atom. The first-order chi connectivity index (χ1) is 14.7. The number of pyridine rings is 1. The summed E-state index contributed by atoms with van der Waals surface area (Å²) in [6.07, 6.45) is 0.865. The minimum Gasteiger partial charge on any atom is -0.448 e. The SMILES string of the molecule is C=C1CC(C2OCCN2C(=O)OCCSSc2ccccn2)N(C(=O)OC(C)(C)C)C1. The summed E-state index contributed by atoms with van der Waals surface area (Å²) in [5.74, 6) is 0.636. The van der Waals surface area contributed by atoms with Gasteiger partial charge in [-0.05, 0) is 50.1 Å². The molecule has 3 heterocycles. The van der Waals surface area contributed by atoms with E-state index in [0.717, 1.165) is 10.6 Å². The largest absolute Gasteiger partial charge is 0.448 e. The molecule has 2 atom stereocenters. The summed E-state index contributed by atoms with van der Waals surface area (Å²) >= 11 is 0. The smallest absolute Gasteiger partial charge is 0.412 e. The van der Waals surface area contributed by atoms with Crippen LogP contribution in [0.1, 0.15) is 27.2 Å². The number of amides is 2. The molecule has 2 aliphatic rings. The Kier molecular flexibility index (Phi) is 8.12. The zero-order valence-corrected chi connectivity index (χ0v) is 19.7. The van der Waals surface area contributed by atoms with E-state index in [-0.39, 0.29) is 12.6 Å². The van der Waals surface area contributed by atoms with E-state index in [1.807, 2.05) is 39.0 Å². The molecule has 2 saturated heterocycles. The number of ether oxygens (including phenoxy) is 3. The molecule has 170 valence electrons. The van der Waals surface area contributed by atoms with Gasteiger partial charge in [0.1, 0.15) is 17.2 Å². The lowest BCUT2D eigenvalue weighted by molar-refractivity contribution is -0.0351. The van der Waals surface area contributed by atoms with Gasteiger partial charge in [0.2, 0.25) is 0 Å². The highest BCUT2D eigenvalue weighted by Crippen LogP contribution is 2.31. The first-order valence-electron chi connectivity index (χ1n) is 10.2.